The van der Waals surface area contributed by atoms with Gasteiger partial charge in [0.05, 0.1) is 5.52 Å². The number of carbonyl (C=O) groups is 1. The molecule has 1 aromatic carbocycles. The first-order chi connectivity index (χ1) is 15.5. The van der Waals surface area contributed by atoms with Crippen LogP contribution in [0.4, 0.5) is 0 Å². The standard InChI is InChI=1S/C26H31N3O3/c1-18(2)9-11-27-12-10-21-23(27)6-3-7-24(21)32-17-26(31)28-14-19-13-20(16-28)22-5-4-8-25(30)29(22)15-19/h3-8,10,12,18-20H,9,11,13-17H2,1-2H3/t19-,20+/m1/s1. The normalized spacial score (nSPS) is 19.9. The second-order valence-electron chi connectivity index (χ2n) is 9.67. The van der Waals surface area contributed by atoms with E-state index in [1.807, 2.05) is 33.7 Å². The second-order valence-corrected chi connectivity index (χ2v) is 9.67. The molecule has 0 aliphatic carbocycles. The van der Waals surface area contributed by atoms with Crippen molar-refractivity contribution in [3.05, 3.63) is 64.7 Å². The Morgan fingerprint density at radius 3 is 2.78 bits per heavy atom. The van der Waals surface area contributed by atoms with Crippen LogP contribution in [0.15, 0.2) is 53.5 Å². The molecule has 6 nitrogen and oxygen atoms in total. The molecule has 2 aromatic heterocycles. The van der Waals surface area contributed by atoms with Gasteiger partial charge in [0.2, 0.25) is 0 Å². The summed E-state index contributed by atoms with van der Waals surface area (Å²) in [5, 5.41) is 1.05. The molecule has 0 spiro atoms. The number of likely N-dealkylation sites (tertiary alicyclic amines) is 1. The Hall–Kier alpha value is -3.02. The van der Waals surface area contributed by atoms with Crippen molar-refractivity contribution >= 4 is 16.8 Å². The van der Waals surface area contributed by atoms with Crippen molar-refractivity contribution in [2.45, 2.75) is 45.7 Å². The van der Waals surface area contributed by atoms with E-state index in [2.05, 4.69) is 36.7 Å². The van der Waals surface area contributed by atoms with E-state index in [4.69, 9.17) is 4.74 Å². The first-order valence-electron chi connectivity index (χ1n) is 11.7. The Morgan fingerprint density at radius 1 is 1.09 bits per heavy atom. The smallest absolute Gasteiger partial charge is 0.260 e. The molecule has 168 valence electrons. The van der Waals surface area contributed by atoms with Crippen molar-refractivity contribution in [2.75, 3.05) is 19.7 Å². The van der Waals surface area contributed by atoms with Gasteiger partial charge in [-0.25, -0.2) is 0 Å². The van der Waals surface area contributed by atoms with Crippen LogP contribution in [0, 0.1) is 11.8 Å². The molecule has 0 N–H and O–H groups in total. The SMILES string of the molecule is CC(C)CCn1ccc2c(OCC(=O)N3C[C@H]4C[C@@H](C3)c3cccc(=O)n3C4)cccc21. The summed E-state index contributed by atoms with van der Waals surface area (Å²) in [5.74, 6) is 1.97. The van der Waals surface area contributed by atoms with Crippen molar-refractivity contribution in [3.63, 3.8) is 0 Å². The molecule has 1 fully saturated rings. The highest BCUT2D eigenvalue weighted by Crippen LogP contribution is 2.35. The van der Waals surface area contributed by atoms with E-state index in [0.29, 0.717) is 31.5 Å². The molecule has 4 heterocycles. The van der Waals surface area contributed by atoms with Crippen molar-refractivity contribution in [3.8, 4) is 5.75 Å². The third-order valence-electron chi connectivity index (χ3n) is 6.90. The van der Waals surface area contributed by atoms with Crippen LogP contribution in [0.1, 0.15) is 38.3 Å². The maximum absolute atomic E-state index is 13.0. The number of ether oxygens (including phenoxy) is 1. The minimum Gasteiger partial charge on any atom is -0.483 e. The van der Waals surface area contributed by atoms with Crippen LogP contribution in [0.5, 0.6) is 5.75 Å². The highest BCUT2D eigenvalue weighted by atomic mass is 16.5. The monoisotopic (exact) mass is 433 g/mol. The van der Waals surface area contributed by atoms with Crippen LogP contribution in [-0.2, 0) is 17.9 Å². The zero-order chi connectivity index (χ0) is 22.2. The molecule has 0 saturated carbocycles. The third kappa shape index (κ3) is 3.94. The van der Waals surface area contributed by atoms with Crippen LogP contribution >= 0.6 is 0 Å². The Morgan fingerprint density at radius 2 is 1.94 bits per heavy atom. The summed E-state index contributed by atoms with van der Waals surface area (Å²) in [6, 6.07) is 13.6. The van der Waals surface area contributed by atoms with Gasteiger partial charge in [-0.15, -0.1) is 0 Å². The molecular weight excluding hydrogens is 402 g/mol. The summed E-state index contributed by atoms with van der Waals surface area (Å²) in [7, 11) is 0. The fraction of sp³-hybridized carbons (Fsp3) is 0.462. The first kappa shape index (κ1) is 20.9. The van der Waals surface area contributed by atoms with Gasteiger partial charge in [-0.05, 0) is 48.9 Å². The predicted octanol–water partition coefficient (Wildman–Crippen LogP) is 3.87. The molecule has 3 aromatic rings. The van der Waals surface area contributed by atoms with E-state index in [1.165, 1.54) is 0 Å². The average Bonchev–Trinajstić information content (AvgIpc) is 3.20. The van der Waals surface area contributed by atoms with Gasteiger partial charge in [-0.3, -0.25) is 9.59 Å². The number of benzene rings is 1. The molecular formula is C26H31N3O3. The van der Waals surface area contributed by atoms with E-state index in [0.717, 1.165) is 41.7 Å². The molecule has 5 rings (SSSR count). The van der Waals surface area contributed by atoms with Crippen LogP contribution in [0.2, 0.25) is 0 Å². The van der Waals surface area contributed by atoms with Crippen LogP contribution < -0.4 is 10.3 Å². The van der Waals surface area contributed by atoms with Crippen molar-refractivity contribution < 1.29 is 9.53 Å². The fourth-order valence-electron chi connectivity index (χ4n) is 5.24. The Bertz CT molecular complexity index is 1190. The summed E-state index contributed by atoms with van der Waals surface area (Å²) >= 11 is 0. The molecule has 1 amide bonds. The summed E-state index contributed by atoms with van der Waals surface area (Å²) in [4.78, 5) is 27.2. The molecule has 32 heavy (non-hydrogen) atoms. The summed E-state index contributed by atoms with van der Waals surface area (Å²) in [6.07, 6.45) is 4.27. The van der Waals surface area contributed by atoms with E-state index in [1.54, 1.807) is 6.07 Å². The lowest BCUT2D eigenvalue weighted by Crippen LogP contribution is -2.50. The van der Waals surface area contributed by atoms with Gasteiger partial charge in [0.1, 0.15) is 5.75 Å². The number of amides is 1. The second kappa shape index (κ2) is 8.49. The van der Waals surface area contributed by atoms with Crippen LogP contribution in [-0.4, -0.2) is 39.6 Å². The maximum atomic E-state index is 13.0. The maximum Gasteiger partial charge on any atom is 0.260 e. The van der Waals surface area contributed by atoms with E-state index in [-0.39, 0.29) is 24.0 Å². The van der Waals surface area contributed by atoms with Gasteiger partial charge in [-0.2, -0.15) is 0 Å². The van der Waals surface area contributed by atoms with E-state index < -0.39 is 0 Å². The number of pyridine rings is 1. The van der Waals surface area contributed by atoms with Crippen LogP contribution in [0.25, 0.3) is 10.9 Å². The van der Waals surface area contributed by atoms with Crippen molar-refractivity contribution in [2.24, 2.45) is 11.8 Å². The number of hydrogen-bond donors (Lipinski definition) is 0. The van der Waals surface area contributed by atoms with E-state index in [9.17, 15) is 9.59 Å². The minimum atomic E-state index is 0.0164. The minimum absolute atomic E-state index is 0.0164. The van der Waals surface area contributed by atoms with Gasteiger partial charge in [0, 0.05) is 55.4 Å². The lowest BCUT2D eigenvalue weighted by molar-refractivity contribution is -0.136. The Kier molecular flexibility index (Phi) is 5.53. The summed E-state index contributed by atoms with van der Waals surface area (Å²) in [6.45, 7) is 7.52. The number of carbonyl (C=O) groups excluding carboxylic acids is 1. The molecule has 6 heteroatoms. The first-order valence-corrected chi connectivity index (χ1v) is 11.7. The predicted molar refractivity (Wildman–Crippen MR) is 125 cm³/mol. The van der Waals surface area contributed by atoms with Crippen molar-refractivity contribution in [1.29, 1.82) is 0 Å². The van der Waals surface area contributed by atoms with Crippen molar-refractivity contribution in [1.82, 2.24) is 14.0 Å². The quantitative estimate of drug-likeness (QED) is 0.593. The Balaban J connectivity index is 1.27. The zero-order valence-corrected chi connectivity index (χ0v) is 18.9. The van der Waals surface area contributed by atoms with Crippen LogP contribution in [0.3, 0.4) is 0 Å². The summed E-state index contributed by atoms with van der Waals surface area (Å²) in [5.41, 5.74) is 2.26. The topological polar surface area (TPSA) is 56.5 Å². The van der Waals surface area contributed by atoms with Gasteiger partial charge in [0.25, 0.3) is 11.5 Å². The molecule has 1 saturated heterocycles. The molecule has 2 bridgehead atoms. The number of aryl methyl sites for hydroxylation is 1. The molecule has 2 aliphatic rings. The number of hydrogen-bond acceptors (Lipinski definition) is 3. The summed E-state index contributed by atoms with van der Waals surface area (Å²) < 4.78 is 10.2. The number of rotatable bonds is 6. The third-order valence-corrected chi connectivity index (χ3v) is 6.90. The average molecular weight is 434 g/mol. The van der Waals surface area contributed by atoms with Gasteiger partial charge in [0.15, 0.2) is 6.61 Å². The highest BCUT2D eigenvalue weighted by molar-refractivity contribution is 5.87. The molecule has 0 radical (unpaired) electrons. The number of nitrogens with zero attached hydrogens (tertiary/aromatic N) is 3. The van der Waals surface area contributed by atoms with E-state index >= 15 is 0 Å². The zero-order valence-electron chi connectivity index (χ0n) is 18.9. The number of fused-ring (bicyclic) bond motifs is 5. The Labute approximate surface area is 188 Å². The highest BCUT2D eigenvalue weighted by Gasteiger charge is 2.36. The lowest BCUT2D eigenvalue weighted by atomic mass is 9.83. The van der Waals surface area contributed by atoms with Gasteiger partial charge >= 0.3 is 0 Å². The molecule has 2 aliphatic heterocycles. The van der Waals surface area contributed by atoms with Gasteiger partial charge < -0.3 is 18.8 Å². The fourth-order valence-corrected chi connectivity index (χ4v) is 5.24. The molecule has 0 unspecified atom stereocenters. The van der Waals surface area contributed by atoms with Gasteiger partial charge in [-0.1, -0.05) is 26.0 Å². The lowest BCUT2D eigenvalue weighted by Gasteiger charge is -2.42. The number of piperidine rings is 1. The molecule has 2 atom stereocenters. The number of aromatic nitrogens is 2. The largest absolute Gasteiger partial charge is 0.483 e.